The molecule has 1 saturated heterocycles. The summed E-state index contributed by atoms with van der Waals surface area (Å²) in [5.74, 6) is 0. The first-order valence-electron chi connectivity index (χ1n) is 8.80. The molecule has 1 aliphatic rings. The van der Waals surface area contributed by atoms with Crippen LogP contribution in [-0.2, 0) is 10.0 Å². The Balaban J connectivity index is 1.40. The molecular formula is C19H20N4O3S. The van der Waals surface area contributed by atoms with Crippen molar-refractivity contribution < 1.29 is 13.0 Å². The molecule has 1 aromatic heterocycles. The Morgan fingerprint density at radius 1 is 0.963 bits per heavy atom. The summed E-state index contributed by atoms with van der Waals surface area (Å²) in [7, 11) is -3.62. The number of rotatable bonds is 5. The van der Waals surface area contributed by atoms with Gasteiger partial charge in [-0.3, -0.25) is 4.90 Å². The number of sulfonamides is 1. The van der Waals surface area contributed by atoms with Gasteiger partial charge in [-0.2, -0.15) is 4.31 Å². The van der Waals surface area contributed by atoms with Crippen LogP contribution < -0.4 is 0 Å². The third-order valence-electron chi connectivity index (χ3n) is 4.67. The fraction of sp³-hybridized carbons (Fsp3) is 0.263. The summed E-state index contributed by atoms with van der Waals surface area (Å²) in [5, 5.41) is 7.48. The minimum Gasteiger partial charge on any atom is -0.297 e. The first-order chi connectivity index (χ1) is 13.1. The number of benzene rings is 2. The third kappa shape index (κ3) is 3.78. The van der Waals surface area contributed by atoms with Gasteiger partial charge in [0, 0.05) is 32.7 Å². The zero-order chi connectivity index (χ0) is 18.7. The van der Waals surface area contributed by atoms with Crippen LogP contribution in [0.1, 0.15) is 5.56 Å². The lowest BCUT2D eigenvalue weighted by Crippen LogP contribution is -2.48. The zero-order valence-electron chi connectivity index (χ0n) is 14.7. The van der Waals surface area contributed by atoms with Gasteiger partial charge in [-0.1, -0.05) is 48.6 Å². The quantitative estimate of drug-likeness (QED) is 0.671. The Morgan fingerprint density at radius 3 is 2.52 bits per heavy atom. The van der Waals surface area contributed by atoms with E-state index in [9.17, 15) is 8.42 Å². The summed E-state index contributed by atoms with van der Waals surface area (Å²) in [6, 6.07) is 15.0. The van der Waals surface area contributed by atoms with E-state index < -0.39 is 10.0 Å². The molecular weight excluding hydrogens is 364 g/mol. The van der Waals surface area contributed by atoms with Gasteiger partial charge in [0.05, 0.1) is 0 Å². The molecule has 2 heterocycles. The highest BCUT2D eigenvalue weighted by Crippen LogP contribution is 2.24. The molecule has 0 bridgehead atoms. The van der Waals surface area contributed by atoms with E-state index in [-0.39, 0.29) is 10.4 Å². The number of piperazine rings is 1. The average molecular weight is 384 g/mol. The number of aromatic nitrogens is 2. The fourth-order valence-electron chi connectivity index (χ4n) is 3.18. The Morgan fingerprint density at radius 2 is 1.74 bits per heavy atom. The van der Waals surface area contributed by atoms with Crippen LogP contribution >= 0.6 is 0 Å². The summed E-state index contributed by atoms with van der Waals surface area (Å²) in [6.07, 6.45) is 4.20. The first kappa shape index (κ1) is 17.8. The van der Waals surface area contributed by atoms with E-state index in [0.29, 0.717) is 31.7 Å². The minimum absolute atomic E-state index is 0.152. The number of nitrogens with zero attached hydrogens (tertiary/aromatic N) is 4. The van der Waals surface area contributed by atoms with Crippen LogP contribution in [0.3, 0.4) is 0 Å². The van der Waals surface area contributed by atoms with Gasteiger partial charge in [-0.25, -0.2) is 13.0 Å². The number of fused-ring (bicyclic) bond motifs is 1. The fourth-order valence-corrected chi connectivity index (χ4v) is 4.74. The normalized spacial score (nSPS) is 17.0. The first-order valence-corrected chi connectivity index (χ1v) is 10.2. The molecule has 1 fully saturated rings. The summed E-state index contributed by atoms with van der Waals surface area (Å²) in [6.45, 7) is 3.06. The van der Waals surface area contributed by atoms with Crippen LogP contribution in [0.15, 0.2) is 64.1 Å². The molecule has 2 aromatic carbocycles. The van der Waals surface area contributed by atoms with E-state index in [1.165, 1.54) is 4.31 Å². The van der Waals surface area contributed by atoms with Gasteiger partial charge < -0.3 is 0 Å². The van der Waals surface area contributed by atoms with Crippen molar-refractivity contribution in [2.45, 2.75) is 4.90 Å². The predicted octanol–water partition coefficient (Wildman–Crippen LogP) is 2.24. The molecule has 0 spiro atoms. The van der Waals surface area contributed by atoms with Gasteiger partial charge in [0.1, 0.15) is 10.4 Å². The van der Waals surface area contributed by atoms with Gasteiger partial charge in [-0.05, 0) is 28.0 Å². The van der Waals surface area contributed by atoms with Crippen LogP contribution in [0.4, 0.5) is 0 Å². The van der Waals surface area contributed by atoms with Crippen LogP contribution in [0.2, 0.25) is 0 Å². The van der Waals surface area contributed by atoms with Crippen molar-refractivity contribution in [3.8, 4) is 0 Å². The van der Waals surface area contributed by atoms with Gasteiger partial charge in [0.25, 0.3) is 0 Å². The average Bonchev–Trinajstić information content (AvgIpc) is 3.18. The number of hydrogen-bond donors (Lipinski definition) is 0. The highest BCUT2D eigenvalue weighted by Gasteiger charge is 2.30. The second-order valence-corrected chi connectivity index (χ2v) is 8.31. The van der Waals surface area contributed by atoms with E-state index in [4.69, 9.17) is 0 Å². The van der Waals surface area contributed by atoms with E-state index in [1.807, 2.05) is 18.2 Å². The summed E-state index contributed by atoms with van der Waals surface area (Å²) in [4.78, 5) is 2.39. The topological polar surface area (TPSA) is 79.5 Å². The smallest absolute Gasteiger partial charge is 0.245 e. The van der Waals surface area contributed by atoms with Gasteiger partial charge in [0.15, 0.2) is 5.52 Å². The van der Waals surface area contributed by atoms with Crippen LogP contribution in [-0.4, -0.2) is 60.7 Å². The highest BCUT2D eigenvalue weighted by atomic mass is 32.2. The van der Waals surface area contributed by atoms with Crippen molar-refractivity contribution in [3.63, 3.8) is 0 Å². The lowest BCUT2D eigenvalue weighted by atomic mass is 10.2. The SMILES string of the molecule is O=S(=O)(c1cccc2nonc12)N1CCN(C/C=C/c2ccccc2)CC1. The predicted molar refractivity (Wildman–Crippen MR) is 102 cm³/mol. The maximum absolute atomic E-state index is 13.0. The van der Waals surface area contributed by atoms with E-state index in [1.54, 1.807) is 18.2 Å². The Kier molecular flexibility index (Phi) is 5.02. The van der Waals surface area contributed by atoms with Gasteiger partial charge >= 0.3 is 0 Å². The highest BCUT2D eigenvalue weighted by molar-refractivity contribution is 7.89. The van der Waals surface area contributed by atoms with Crippen molar-refractivity contribution in [1.29, 1.82) is 0 Å². The van der Waals surface area contributed by atoms with Gasteiger partial charge in [0.2, 0.25) is 10.0 Å². The zero-order valence-corrected chi connectivity index (χ0v) is 15.5. The Hall–Kier alpha value is -2.55. The molecule has 27 heavy (non-hydrogen) atoms. The second-order valence-electron chi connectivity index (χ2n) is 6.41. The molecule has 8 heteroatoms. The largest absolute Gasteiger partial charge is 0.297 e. The molecule has 7 nitrogen and oxygen atoms in total. The van der Waals surface area contributed by atoms with Crippen molar-refractivity contribution in [2.24, 2.45) is 0 Å². The summed E-state index contributed by atoms with van der Waals surface area (Å²) < 4.78 is 32.2. The molecule has 0 aliphatic carbocycles. The number of hydrogen-bond acceptors (Lipinski definition) is 6. The van der Waals surface area contributed by atoms with E-state index in [2.05, 4.69) is 44.1 Å². The maximum Gasteiger partial charge on any atom is 0.245 e. The third-order valence-corrected chi connectivity index (χ3v) is 6.60. The molecule has 4 rings (SSSR count). The monoisotopic (exact) mass is 384 g/mol. The second kappa shape index (κ2) is 7.59. The van der Waals surface area contributed by atoms with Crippen LogP contribution in [0.25, 0.3) is 17.1 Å². The molecule has 0 unspecified atom stereocenters. The minimum atomic E-state index is -3.62. The lowest BCUT2D eigenvalue weighted by Gasteiger charge is -2.33. The molecule has 0 N–H and O–H groups in total. The van der Waals surface area contributed by atoms with Crippen molar-refractivity contribution >= 4 is 27.1 Å². The molecule has 0 amide bonds. The molecule has 0 saturated carbocycles. The van der Waals surface area contributed by atoms with Crippen molar-refractivity contribution in [2.75, 3.05) is 32.7 Å². The molecule has 140 valence electrons. The Bertz CT molecular complexity index is 1040. The molecule has 1 aliphatic heterocycles. The van der Waals surface area contributed by atoms with Crippen LogP contribution in [0, 0.1) is 0 Å². The van der Waals surface area contributed by atoms with Crippen molar-refractivity contribution in [1.82, 2.24) is 19.5 Å². The standard InChI is InChI=1S/C19H20N4O3S/c24-27(25,18-10-4-9-17-19(18)21-26-20-17)23-14-12-22(13-15-23)11-5-8-16-6-2-1-3-7-16/h1-10H,11-15H2/b8-5+. The molecule has 3 aromatic rings. The van der Waals surface area contributed by atoms with E-state index >= 15 is 0 Å². The summed E-state index contributed by atoms with van der Waals surface area (Å²) in [5.41, 5.74) is 1.89. The van der Waals surface area contributed by atoms with Crippen LogP contribution in [0.5, 0.6) is 0 Å². The van der Waals surface area contributed by atoms with Gasteiger partial charge in [-0.15, -0.1) is 0 Å². The Labute approximate surface area is 157 Å². The molecule has 0 radical (unpaired) electrons. The lowest BCUT2D eigenvalue weighted by molar-refractivity contribution is 0.204. The molecule has 0 atom stereocenters. The van der Waals surface area contributed by atoms with E-state index in [0.717, 1.165) is 12.1 Å². The maximum atomic E-state index is 13.0. The summed E-state index contributed by atoms with van der Waals surface area (Å²) >= 11 is 0. The van der Waals surface area contributed by atoms with Crippen molar-refractivity contribution in [3.05, 3.63) is 60.2 Å².